The van der Waals surface area contributed by atoms with Gasteiger partial charge in [-0.1, -0.05) is 6.07 Å². The van der Waals surface area contributed by atoms with Gasteiger partial charge in [-0.2, -0.15) is 4.31 Å². The molecule has 0 aliphatic carbocycles. The van der Waals surface area contributed by atoms with Gasteiger partial charge in [0.25, 0.3) is 11.6 Å². The van der Waals surface area contributed by atoms with Crippen molar-refractivity contribution in [3.63, 3.8) is 0 Å². The molecule has 17 heteroatoms. The number of aliphatic hydroxyl groups is 1. The number of nitrogens with one attached hydrogen (secondary N) is 2. The van der Waals surface area contributed by atoms with Gasteiger partial charge in [0, 0.05) is 44.6 Å². The Labute approximate surface area is 276 Å². The lowest BCUT2D eigenvalue weighted by atomic mass is 9.92. The Morgan fingerprint density at radius 1 is 1.10 bits per heavy atom. The molecule has 3 heterocycles. The number of allylic oxidation sites excluding steroid dienone is 1. The summed E-state index contributed by atoms with van der Waals surface area (Å²) in [4.78, 5) is 27.5. The van der Waals surface area contributed by atoms with Crippen molar-refractivity contribution in [1.29, 1.82) is 0 Å². The Bertz CT molecular complexity index is 1720. The predicted molar refractivity (Wildman–Crippen MR) is 170 cm³/mol. The maximum absolute atomic E-state index is 13.3. The number of pyridine rings is 1. The van der Waals surface area contributed by atoms with Gasteiger partial charge in [-0.3, -0.25) is 14.9 Å². The zero-order valence-electron chi connectivity index (χ0n) is 25.9. The van der Waals surface area contributed by atoms with Gasteiger partial charge in [0.05, 0.1) is 30.1 Å². The van der Waals surface area contributed by atoms with Crippen LogP contribution in [0.25, 0.3) is 0 Å². The fraction of sp³-hybridized carbons (Fsp3) is 0.355. The van der Waals surface area contributed by atoms with E-state index in [1.165, 1.54) is 43.5 Å². The number of fused-ring (bicyclic) bond motifs is 1. The van der Waals surface area contributed by atoms with E-state index in [9.17, 15) is 28.4 Å². The molecule has 0 radical (unpaired) electrons. The molecular weight excluding hydrogens is 650 g/mol. The van der Waals surface area contributed by atoms with Crippen LogP contribution in [-0.4, -0.2) is 93.2 Å². The molecule has 3 aromatic rings. The Hall–Kier alpha value is -4.97. The smallest absolute Gasteiger partial charge is 0.287 e. The van der Waals surface area contributed by atoms with Crippen molar-refractivity contribution in [3.05, 3.63) is 88.3 Å². The van der Waals surface area contributed by atoms with E-state index in [1.54, 1.807) is 12.1 Å². The molecule has 16 nitrogen and oxygen atoms in total. The van der Waals surface area contributed by atoms with Gasteiger partial charge in [-0.15, -0.1) is 0 Å². The second-order valence-electron chi connectivity index (χ2n) is 10.5. The fourth-order valence-corrected chi connectivity index (χ4v) is 6.41. The lowest BCUT2D eigenvalue weighted by molar-refractivity contribution is -0.385. The summed E-state index contributed by atoms with van der Waals surface area (Å²) in [7, 11) is -2.48. The van der Waals surface area contributed by atoms with E-state index in [2.05, 4.69) is 15.6 Å². The molecule has 2 aromatic carbocycles. The lowest BCUT2D eigenvalue weighted by Crippen LogP contribution is -2.38. The van der Waals surface area contributed by atoms with Crippen LogP contribution in [0.2, 0.25) is 0 Å². The standard InChI is InChI=1S/C31H35N5O11S/c1-43-24-4-6-25(7-5-24)48(41,42)35(12-14-37)13-15-44-30-18-22(21-2-8-26-27(16-21)46-20-45-26)17-28(47-30)31(38)33-11-10-32-29-9-3-23(19-34-29)36(39)40/h2-9,16-17,19,22,30,37H,10-15,18,20H2,1H3,(H,32,34)(H,33,38)/t22-,30+/m1/s1. The van der Waals surface area contributed by atoms with Gasteiger partial charge in [0.1, 0.15) is 17.8 Å². The molecule has 3 N–H and O–H groups in total. The first-order valence-electron chi connectivity index (χ1n) is 14.9. The second kappa shape index (κ2) is 15.7. The maximum Gasteiger partial charge on any atom is 0.287 e. The largest absolute Gasteiger partial charge is 0.497 e. The zero-order valence-corrected chi connectivity index (χ0v) is 26.8. The molecule has 256 valence electrons. The number of rotatable bonds is 16. The van der Waals surface area contributed by atoms with Crippen molar-refractivity contribution in [2.75, 3.05) is 58.6 Å². The number of hydrogen-bond donors (Lipinski definition) is 3. The van der Waals surface area contributed by atoms with E-state index in [-0.39, 0.29) is 61.8 Å². The summed E-state index contributed by atoms with van der Waals surface area (Å²) in [5.74, 6) is 1.28. The molecule has 2 aliphatic heterocycles. The van der Waals surface area contributed by atoms with E-state index in [4.69, 9.17) is 23.7 Å². The summed E-state index contributed by atoms with van der Waals surface area (Å²) in [6, 6.07) is 14.2. The third kappa shape index (κ3) is 8.48. The number of hydrogen-bond acceptors (Lipinski definition) is 13. The van der Waals surface area contributed by atoms with Crippen molar-refractivity contribution in [3.8, 4) is 17.2 Å². The molecule has 48 heavy (non-hydrogen) atoms. The molecule has 2 atom stereocenters. The Balaban J connectivity index is 1.23. The van der Waals surface area contributed by atoms with Crippen molar-refractivity contribution in [2.24, 2.45) is 0 Å². The average molecular weight is 686 g/mol. The van der Waals surface area contributed by atoms with E-state index in [0.717, 1.165) is 16.1 Å². The van der Waals surface area contributed by atoms with Gasteiger partial charge in [-0.05, 0) is 54.1 Å². The minimum Gasteiger partial charge on any atom is -0.497 e. The second-order valence-corrected chi connectivity index (χ2v) is 12.5. The Kier molecular flexibility index (Phi) is 11.3. The normalized spacial score (nSPS) is 16.9. The molecule has 1 amide bonds. The summed E-state index contributed by atoms with van der Waals surface area (Å²) < 4.78 is 55.7. The van der Waals surface area contributed by atoms with E-state index < -0.39 is 33.8 Å². The quantitative estimate of drug-likeness (QED) is 0.113. The summed E-state index contributed by atoms with van der Waals surface area (Å²) in [5, 5.41) is 26.2. The monoisotopic (exact) mass is 685 g/mol. The predicted octanol–water partition coefficient (Wildman–Crippen LogP) is 2.37. The van der Waals surface area contributed by atoms with E-state index >= 15 is 0 Å². The Morgan fingerprint density at radius 3 is 2.60 bits per heavy atom. The van der Waals surface area contributed by atoms with Crippen LogP contribution < -0.4 is 24.8 Å². The van der Waals surface area contributed by atoms with Crippen LogP contribution in [0.1, 0.15) is 17.9 Å². The van der Waals surface area contributed by atoms with Crippen LogP contribution in [0.3, 0.4) is 0 Å². The molecule has 1 aromatic heterocycles. The number of aromatic nitrogens is 1. The summed E-state index contributed by atoms with van der Waals surface area (Å²) in [5.41, 5.74) is 0.695. The van der Waals surface area contributed by atoms with Crippen molar-refractivity contribution in [2.45, 2.75) is 23.5 Å². The van der Waals surface area contributed by atoms with Crippen molar-refractivity contribution in [1.82, 2.24) is 14.6 Å². The number of carbonyl (C=O) groups excluding carboxylic acids is 1. The van der Waals surface area contributed by atoms with Crippen LogP contribution in [0, 0.1) is 10.1 Å². The van der Waals surface area contributed by atoms with Gasteiger partial charge >= 0.3 is 0 Å². The van der Waals surface area contributed by atoms with Gasteiger partial charge in [-0.25, -0.2) is 13.4 Å². The molecule has 2 aliphatic rings. The van der Waals surface area contributed by atoms with Crippen LogP contribution in [0.15, 0.2) is 77.5 Å². The highest BCUT2D eigenvalue weighted by atomic mass is 32.2. The van der Waals surface area contributed by atoms with Gasteiger partial charge < -0.3 is 39.4 Å². The topological polar surface area (TPSA) is 201 Å². The maximum atomic E-state index is 13.3. The van der Waals surface area contributed by atoms with Gasteiger partial charge in [0.15, 0.2) is 17.3 Å². The van der Waals surface area contributed by atoms with Crippen LogP contribution in [0.5, 0.6) is 17.2 Å². The SMILES string of the molecule is COc1ccc(S(=O)(=O)N(CCO)CCO[C@@H]2C[C@H](c3ccc4c(c3)OCO4)C=C(C(=O)NCCNc3ccc([N+](=O)[O-])cn3)O2)cc1. The molecule has 0 spiro atoms. The minimum atomic E-state index is -3.96. The molecule has 0 bridgehead atoms. The number of nitro groups is 1. The average Bonchev–Trinajstić information content (AvgIpc) is 3.58. The number of aliphatic hydroxyl groups excluding tert-OH is 1. The number of anilines is 1. The third-order valence-corrected chi connectivity index (χ3v) is 9.39. The number of methoxy groups -OCH3 is 1. The summed E-state index contributed by atoms with van der Waals surface area (Å²) >= 11 is 0. The number of amides is 1. The first-order chi connectivity index (χ1) is 23.2. The van der Waals surface area contributed by atoms with Crippen LogP contribution >= 0.6 is 0 Å². The molecule has 0 saturated heterocycles. The van der Waals surface area contributed by atoms with Crippen LogP contribution in [-0.2, 0) is 24.3 Å². The van der Waals surface area contributed by atoms with E-state index in [0.29, 0.717) is 29.5 Å². The van der Waals surface area contributed by atoms with Crippen LogP contribution in [0.4, 0.5) is 11.5 Å². The van der Waals surface area contributed by atoms with E-state index in [1.807, 2.05) is 12.1 Å². The zero-order chi connectivity index (χ0) is 34.1. The van der Waals surface area contributed by atoms with Crippen molar-refractivity contribution < 1.29 is 46.9 Å². The highest BCUT2D eigenvalue weighted by Crippen LogP contribution is 2.38. The minimum absolute atomic E-state index is 0.0143. The highest BCUT2D eigenvalue weighted by molar-refractivity contribution is 7.89. The number of carbonyl (C=O) groups is 1. The molecular formula is C31H35N5O11S. The molecule has 0 fully saturated rings. The first kappa shape index (κ1) is 34.4. The lowest BCUT2D eigenvalue weighted by Gasteiger charge is -2.30. The molecule has 5 rings (SSSR count). The number of benzene rings is 2. The summed E-state index contributed by atoms with van der Waals surface area (Å²) in [6.07, 6.45) is 2.22. The number of sulfonamides is 1. The summed E-state index contributed by atoms with van der Waals surface area (Å²) in [6.45, 7) is -0.165. The third-order valence-electron chi connectivity index (χ3n) is 7.47. The highest BCUT2D eigenvalue weighted by Gasteiger charge is 2.31. The van der Waals surface area contributed by atoms with Crippen molar-refractivity contribution >= 4 is 27.4 Å². The fourth-order valence-electron chi connectivity index (χ4n) is 4.99. The van der Waals surface area contributed by atoms with Gasteiger partial charge in [0.2, 0.25) is 23.1 Å². The molecule has 0 saturated carbocycles. The first-order valence-corrected chi connectivity index (χ1v) is 16.4. The number of nitrogens with zero attached hydrogens (tertiary/aromatic N) is 3. The number of ether oxygens (including phenoxy) is 5. The Morgan fingerprint density at radius 2 is 1.90 bits per heavy atom. The molecule has 0 unspecified atom stereocenters.